The van der Waals surface area contributed by atoms with Crippen molar-refractivity contribution in [2.75, 3.05) is 14.1 Å². The van der Waals surface area contributed by atoms with Gasteiger partial charge < -0.3 is 4.90 Å². The highest BCUT2D eigenvalue weighted by Gasteiger charge is 1.99. The molecular weight excluding hydrogens is 209 g/mol. The number of aromatic nitrogens is 1. The van der Waals surface area contributed by atoms with Crippen LogP contribution in [0, 0.1) is 0 Å². The first-order valence-electron chi connectivity index (χ1n) is 3.61. The van der Waals surface area contributed by atoms with Crippen LogP contribution >= 0.6 is 23.2 Å². The summed E-state index contributed by atoms with van der Waals surface area (Å²) in [7, 11) is 3.74. The molecule has 3 nitrogen and oxygen atoms in total. The summed E-state index contributed by atoms with van der Waals surface area (Å²) in [5.74, 6) is 0.472. The Kier molecular flexibility index (Phi) is 3.51. The van der Waals surface area contributed by atoms with Gasteiger partial charge in [0, 0.05) is 20.3 Å². The van der Waals surface area contributed by atoms with Crippen LogP contribution in [0.5, 0.6) is 0 Å². The Labute approximate surface area is 87.0 Å². The molecule has 0 fully saturated rings. The van der Waals surface area contributed by atoms with Gasteiger partial charge in [0.15, 0.2) is 5.82 Å². The Balaban J connectivity index is 2.90. The third-order valence-corrected chi connectivity index (χ3v) is 1.68. The lowest BCUT2D eigenvalue weighted by atomic mass is 10.5. The first kappa shape index (κ1) is 10.3. The molecule has 0 atom stereocenters. The monoisotopic (exact) mass is 217 g/mol. The molecule has 0 amide bonds. The van der Waals surface area contributed by atoms with Crippen molar-refractivity contribution in [3.63, 3.8) is 0 Å². The van der Waals surface area contributed by atoms with Crippen molar-refractivity contribution in [3.05, 3.63) is 22.3 Å². The molecule has 1 rings (SSSR count). The molecule has 5 heteroatoms. The van der Waals surface area contributed by atoms with Gasteiger partial charge in [-0.1, -0.05) is 23.2 Å². The minimum atomic E-state index is 0.450. The summed E-state index contributed by atoms with van der Waals surface area (Å²) in [6.07, 6.45) is 3.14. The van der Waals surface area contributed by atoms with Crippen LogP contribution in [0.1, 0.15) is 0 Å². The van der Waals surface area contributed by atoms with Crippen LogP contribution in [0.3, 0.4) is 0 Å². The molecule has 0 radical (unpaired) electrons. The summed E-state index contributed by atoms with van der Waals surface area (Å²) in [6.45, 7) is 0. The average molecular weight is 218 g/mol. The van der Waals surface area contributed by atoms with Gasteiger partial charge in [-0.25, -0.2) is 9.98 Å². The van der Waals surface area contributed by atoms with Crippen LogP contribution < -0.4 is 0 Å². The molecule has 1 aromatic heterocycles. The van der Waals surface area contributed by atoms with E-state index in [9.17, 15) is 0 Å². The lowest BCUT2D eigenvalue weighted by Gasteiger charge is -2.02. The van der Waals surface area contributed by atoms with E-state index in [-0.39, 0.29) is 0 Å². The van der Waals surface area contributed by atoms with Gasteiger partial charge in [0.2, 0.25) is 0 Å². The molecule has 1 aromatic rings. The van der Waals surface area contributed by atoms with E-state index in [0.29, 0.717) is 15.9 Å². The van der Waals surface area contributed by atoms with Crippen LogP contribution in [-0.2, 0) is 0 Å². The van der Waals surface area contributed by atoms with Crippen molar-refractivity contribution < 1.29 is 0 Å². The molecule has 13 heavy (non-hydrogen) atoms. The molecule has 70 valence electrons. The van der Waals surface area contributed by atoms with E-state index in [1.165, 1.54) is 6.20 Å². The average Bonchev–Trinajstić information content (AvgIpc) is 2.02. The van der Waals surface area contributed by atoms with Gasteiger partial charge in [0.05, 0.1) is 16.4 Å². The van der Waals surface area contributed by atoms with E-state index in [2.05, 4.69) is 9.98 Å². The maximum Gasteiger partial charge on any atom is 0.172 e. The number of hydrogen-bond acceptors (Lipinski definition) is 2. The van der Waals surface area contributed by atoms with Gasteiger partial charge in [-0.2, -0.15) is 0 Å². The summed E-state index contributed by atoms with van der Waals surface area (Å²) in [5, 5.41) is 0.958. The van der Waals surface area contributed by atoms with Crippen LogP contribution in [-0.4, -0.2) is 30.3 Å². The Bertz CT molecular complexity index is 323. The molecule has 0 saturated heterocycles. The smallest absolute Gasteiger partial charge is 0.172 e. The predicted molar refractivity (Wildman–Crippen MR) is 56.1 cm³/mol. The summed E-state index contributed by atoms with van der Waals surface area (Å²) in [4.78, 5) is 9.81. The highest BCUT2D eigenvalue weighted by Crippen LogP contribution is 2.24. The highest BCUT2D eigenvalue weighted by molar-refractivity contribution is 6.35. The minimum absolute atomic E-state index is 0.450. The van der Waals surface area contributed by atoms with Crippen LogP contribution in [0.4, 0.5) is 5.82 Å². The zero-order valence-corrected chi connectivity index (χ0v) is 8.84. The number of hydrogen-bond donors (Lipinski definition) is 0. The van der Waals surface area contributed by atoms with Crippen LogP contribution in [0.15, 0.2) is 17.3 Å². The zero-order valence-electron chi connectivity index (χ0n) is 7.33. The fourth-order valence-corrected chi connectivity index (χ4v) is 1.10. The number of pyridine rings is 1. The summed E-state index contributed by atoms with van der Waals surface area (Å²) >= 11 is 11.5. The van der Waals surface area contributed by atoms with Gasteiger partial charge >= 0.3 is 0 Å². The van der Waals surface area contributed by atoms with E-state index < -0.39 is 0 Å². The van der Waals surface area contributed by atoms with E-state index >= 15 is 0 Å². The first-order chi connectivity index (χ1) is 6.09. The Morgan fingerprint density at radius 1 is 1.46 bits per heavy atom. The fourth-order valence-electron chi connectivity index (χ4n) is 0.673. The quantitative estimate of drug-likeness (QED) is 0.563. The van der Waals surface area contributed by atoms with Crippen LogP contribution in [0.2, 0.25) is 10.0 Å². The van der Waals surface area contributed by atoms with Gasteiger partial charge in [-0.15, -0.1) is 0 Å². The second-order valence-electron chi connectivity index (χ2n) is 2.67. The third-order valence-electron chi connectivity index (χ3n) is 1.20. The number of rotatable bonds is 2. The number of aliphatic imine (C=N–C) groups is 1. The number of halogens is 2. The summed E-state index contributed by atoms with van der Waals surface area (Å²) in [5.41, 5.74) is 0. The second-order valence-corrected chi connectivity index (χ2v) is 3.51. The molecule has 0 aromatic carbocycles. The summed E-state index contributed by atoms with van der Waals surface area (Å²) in [6, 6.07) is 1.61. The standard InChI is InChI=1S/C8H9Cl2N3/c1-13(2)5-12-8-7(10)3-6(9)4-11-8/h3-5H,1-2H3/b12-5-. The van der Waals surface area contributed by atoms with Crippen molar-refractivity contribution in [2.24, 2.45) is 4.99 Å². The highest BCUT2D eigenvalue weighted by atomic mass is 35.5. The first-order valence-corrected chi connectivity index (χ1v) is 4.37. The Hall–Kier alpha value is -0.800. The zero-order chi connectivity index (χ0) is 9.84. The van der Waals surface area contributed by atoms with Crippen molar-refractivity contribution >= 4 is 35.4 Å². The second kappa shape index (κ2) is 4.44. The normalized spacial score (nSPS) is 10.8. The molecule has 0 aliphatic rings. The molecule has 0 N–H and O–H groups in total. The number of nitrogens with zero attached hydrogens (tertiary/aromatic N) is 3. The lowest BCUT2D eigenvalue weighted by molar-refractivity contribution is 0.643. The Morgan fingerprint density at radius 3 is 2.69 bits per heavy atom. The lowest BCUT2D eigenvalue weighted by Crippen LogP contribution is -2.07. The van der Waals surface area contributed by atoms with Crippen LogP contribution in [0.25, 0.3) is 0 Å². The molecular formula is C8H9Cl2N3. The molecule has 0 bridgehead atoms. The Morgan fingerprint density at radius 2 is 2.15 bits per heavy atom. The largest absolute Gasteiger partial charge is 0.369 e. The third kappa shape index (κ3) is 3.20. The maximum atomic E-state index is 5.83. The van der Waals surface area contributed by atoms with E-state index in [1.54, 1.807) is 17.3 Å². The minimum Gasteiger partial charge on any atom is -0.369 e. The van der Waals surface area contributed by atoms with E-state index in [0.717, 1.165) is 0 Å². The van der Waals surface area contributed by atoms with Gasteiger partial charge in [-0.05, 0) is 6.07 Å². The topological polar surface area (TPSA) is 28.5 Å². The van der Waals surface area contributed by atoms with Gasteiger partial charge in [0.25, 0.3) is 0 Å². The molecule has 1 heterocycles. The van der Waals surface area contributed by atoms with Gasteiger partial charge in [-0.3, -0.25) is 0 Å². The van der Waals surface area contributed by atoms with Crippen molar-refractivity contribution in [3.8, 4) is 0 Å². The molecule has 0 unspecified atom stereocenters. The molecule has 0 saturated carbocycles. The fraction of sp³-hybridized carbons (Fsp3) is 0.250. The SMILES string of the molecule is CN(C)/C=N\c1ncc(Cl)cc1Cl. The van der Waals surface area contributed by atoms with E-state index in [4.69, 9.17) is 23.2 Å². The molecule has 0 spiro atoms. The molecule has 0 aliphatic heterocycles. The summed E-state index contributed by atoms with van der Waals surface area (Å²) < 4.78 is 0. The van der Waals surface area contributed by atoms with E-state index in [1.807, 2.05) is 14.1 Å². The van der Waals surface area contributed by atoms with Gasteiger partial charge in [0.1, 0.15) is 0 Å². The predicted octanol–water partition coefficient (Wildman–Crippen LogP) is 2.61. The van der Waals surface area contributed by atoms with Crippen molar-refractivity contribution in [1.29, 1.82) is 0 Å². The maximum absolute atomic E-state index is 5.83. The molecule has 0 aliphatic carbocycles. The van der Waals surface area contributed by atoms with Crippen molar-refractivity contribution in [1.82, 2.24) is 9.88 Å². The van der Waals surface area contributed by atoms with Crippen molar-refractivity contribution in [2.45, 2.75) is 0 Å².